The van der Waals surface area contributed by atoms with Gasteiger partial charge in [-0.2, -0.15) is 0 Å². The summed E-state index contributed by atoms with van der Waals surface area (Å²) in [7, 11) is -1.73. The molecule has 0 saturated carbocycles. The van der Waals surface area contributed by atoms with Crippen LogP contribution in [0.4, 0.5) is 5.69 Å². The van der Waals surface area contributed by atoms with Crippen molar-refractivity contribution in [3.63, 3.8) is 0 Å². The molecule has 136 valence electrons. The maximum atomic E-state index is 11.9. The summed E-state index contributed by atoms with van der Waals surface area (Å²) < 4.78 is 28.4. The lowest BCUT2D eigenvalue weighted by Gasteiger charge is -2.10. The number of sulfone groups is 1. The van der Waals surface area contributed by atoms with Gasteiger partial charge in [-0.1, -0.05) is 0 Å². The number of rotatable bonds is 8. The maximum Gasteiger partial charge on any atom is 0.338 e. The summed E-state index contributed by atoms with van der Waals surface area (Å²) >= 11 is 0. The molecule has 0 aliphatic rings. The molecule has 1 amide bonds. The van der Waals surface area contributed by atoms with Crippen molar-refractivity contribution < 1.29 is 22.7 Å². The predicted molar refractivity (Wildman–Crippen MR) is 94.5 cm³/mol. The molecule has 0 atom stereocenters. The Morgan fingerprint density at radius 2 is 1.88 bits per heavy atom. The fourth-order valence-corrected chi connectivity index (χ4v) is 2.55. The molecule has 0 aromatic heterocycles. The first-order valence-electron chi connectivity index (χ1n) is 7.24. The van der Waals surface area contributed by atoms with E-state index in [4.69, 9.17) is 4.74 Å². The standard InChI is InChI=1S/C15H22N2O5S.ClH/c1-4-22-15(19)11-8-12(10-13(9-11)23(3,20)21)17-14(18)6-5-7-16-2;/h8-10,16H,4-7H2,1-3H3,(H,17,18);1H. The van der Waals surface area contributed by atoms with Crippen molar-refractivity contribution in [3.05, 3.63) is 23.8 Å². The molecule has 0 spiro atoms. The Labute approximate surface area is 148 Å². The maximum absolute atomic E-state index is 11.9. The molecule has 0 aliphatic heterocycles. The monoisotopic (exact) mass is 378 g/mol. The van der Waals surface area contributed by atoms with Crippen LogP contribution in [0.1, 0.15) is 30.1 Å². The number of anilines is 1. The van der Waals surface area contributed by atoms with E-state index in [0.29, 0.717) is 19.4 Å². The van der Waals surface area contributed by atoms with Crippen LogP contribution in [-0.4, -0.2) is 46.7 Å². The average Bonchev–Trinajstić information content (AvgIpc) is 2.46. The normalized spacial score (nSPS) is 10.6. The first-order chi connectivity index (χ1) is 10.8. The third-order valence-electron chi connectivity index (χ3n) is 2.96. The van der Waals surface area contributed by atoms with E-state index < -0.39 is 15.8 Å². The van der Waals surface area contributed by atoms with Gasteiger partial charge in [-0.3, -0.25) is 4.79 Å². The third kappa shape index (κ3) is 7.29. The highest BCUT2D eigenvalue weighted by Gasteiger charge is 2.16. The highest BCUT2D eigenvalue weighted by molar-refractivity contribution is 7.90. The molecule has 1 rings (SSSR count). The summed E-state index contributed by atoms with van der Waals surface area (Å²) in [6.07, 6.45) is 1.98. The molecule has 0 unspecified atom stereocenters. The molecule has 0 fully saturated rings. The van der Waals surface area contributed by atoms with Crippen LogP contribution in [0.5, 0.6) is 0 Å². The summed E-state index contributed by atoms with van der Waals surface area (Å²) in [6.45, 7) is 2.53. The van der Waals surface area contributed by atoms with Gasteiger partial charge >= 0.3 is 5.97 Å². The van der Waals surface area contributed by atoms with Gasteiger partial charge in [0.2, 0.25) is 5.91 Å². The minimum absolute atomic E-state index is 0. The number of hydrogen-bond donors (Lipinski definition) is 2. The Morgan fingerprint density at radius 1 is 1.21 bits per heavy atom. The van der Waals surface area contributed by atoms with Crippen LogP contribution >= 0.6 is 12.4 Å². The quantitative estimate of drug-likeness (QED) is 0.526. The van der Waals surface area contributed by atoms with Crippen LogP contribution in [0.2, 0.25) is 0 Å². The molecule has 7 nitrogen and oxygen atoms in total. The molecular formula is C15H23ClN2O5S. The van der Waals surface area contributed by atoms with Crippen molar-refractivity contribution in [2.75, 3.05) is 31.8 Å². The lowest BCUT2D eigenvalue weighted by atomic mass is 10.2. The minimum Gasteiger partial charge on any atom is -0.462 e. The Hall–Kier alpha value is -1.64. The lowest BCUT2D eigenvalue weighted by Crippen LogP contribution is -2.16. The van der Waals surface area contributed by atoms with Crippen LogP contribution in [0.25, 0.3) is 0 Å². The van der Waals surface area contributed by atoms with Crippen molar-refractivity contribution in [1.82, 2.24) is 5.32 Å². The smallest absolute Gasteiger partial charge is 0.338 e. The van der Waals surface area contributed by atoms with E-state index in [1.165, 1.54) is 18.2 Å². The van der Waals surface area contributed by atoms with E-state index in [0.717, 1.165) is 6.26 Å². The van der Waals surface area contributed by atoms with E-state index in [9.17, 15) is 18.0 Å². The summed E-state index contributed by atoms with van der Waals surface area (Å²) in [4.78, 5) is 23.6. The zero-order valence-corrected chi connectivity index (χ0v) is 15.6. The molecular weight excluding hydrogens is 356 g/mol. The molecule has 0 aliphatic carbocycles. The van der Waals surface area contributed by atoms with Gasteiger partial charge in [-0.25, -0.2) is 13.2 Å². The summed E-state index contributed by atoms with van der Waals surface area (Å²) in [5.41, 5.74) is 0.339. The van der Waals surface area contributed by atoms with Crippen molar-refractivity contribution in [2.24, 2.45) is 0 Å². The predicted octanol–water partition coefficient (Wildman–Crippen LogP) is 1.63. The molecule has 0 bridgehead atoms. The molecule has 9 heteroatoms. The first-order valence-corrected chi connectivity index (χ1v) is 9.13. The third-order valence-corrected chi connectivity index (χ3v) is 4.05. The average molecular weight is 379 g/mol. The zero-order chi connectivity index (χ0) is 17.5. The molecule has 1 aromatic rings. The Balaban J connectivity index is 0.00000529. The molecule has 0 saturated heterocycles. The molecule has 24 heavy (non-hydrogen) atoms. The van der Waals surface area contributed by atoms with E-state index in [1.54, 1.807) is 14.0 Å². The number of hydrogen-bond acceptors (Lipinski definition) is 6. The van der Waals surface area contributed by atoms with E-state index in [2.05, 4.69) is 10.6 Å². The minimum atomic E-state index is -3.52. The van der Waals surface area contributed by atoms with Gasteiger partial charge in [0.15, 0.2) is 9.84 Å². The number of amides is 1. The van der Waals surface area contributed by atoms with Crippen LogP contribution in [-0.2, 0) is 19.4 Å². The van der Waals surface area contributed by atoms with Crippen molar-refractivity contribution in [1.29, 1.82) is 0 Å². The molecule has 0 heterocycles. The van der Waals surface area contributed by atoms with Gasteiger partial charge in [0.1, 0.15) is 0 Å². The van der Waals surface area contributed by atoms with Crippen LogP contribution in [0, 0.1) is 0 Å². The first kappa shape index (κ1) is 22.4. The topological polar surface area (TPSA) is 102 Å². The van der Waals surface area contributed by atoms with Crippen LogP contribution in [0.3, 0.4) is 0 Å². The number of ether oxygens (including phenoxy) is 1. The van der Waals surface area contributed by atoms with Gasteiger partial charge in [0, 0.05) is 18.4 Å². The largest absolute Gasteiger partial charge is 0.462 e. The highest BCUT2D eigenvalue weighted by atomic mass is 35.5. The summed E-state index contributed by atoms with van der Waals surface area (Å²) in [5.74, 6) is -0.885. The lowest BCUT2D eigenvalue weighted by molar-refractivity contribution is -0.116. The van der Waals surface area contributed by atoms with Gasteiger partial charge < -0.3 is 15.4 Å². The second kappa shape index (κ2) is 10.3. The van der Waals surface area contributed by atoms with Crippen LogP contribution in [0.15, 0.2) is 23.1 Å². The Bertz CT molecular complexity index is 676. The molecule has 1 aromatic carbocycles. The Morgan fingerprint density at radius 3 is 2.42 bits per heavy atom. The Kier molecular flexibility index (Phi) is 9.57. The fourth-order valence-electron chi connectivity index (χ4n) is 1.87. The number of carbonyl (C=O) groups is 2. The van der Waals surface area contributed by atoms with Gasteiger partial charge in [0.25, 0.3) is 0 Å². The number of carbonyl (C=O) groups excluding carboxylic acids is 2. The summed E-state index contributed by atoms with van der Waals surface area (Å²) in [6, 6.07) is 3.97. The van der Waals surface area contributed by atoms with Crippen molar-refractivity contribution >= 4 is 39.8 Å². The van der Waals surface area contributed by atoms with Crippen molar-refractivity contribution in [2.45, 2.75) is 24.7 Å². The second-order valence-electron chi connectivity index (χ2n) is 4.99. The van der Waals surface area contributed by atoms with Gasteiger partial charge in [-0.15, -0.1) is 12.4 Å². The number of benzene rings is 1. The van der Waals surface area contributed by atoms with E-state index in [-0.39, 0.29) is 41.1 Å². The summed E-state index contributed by atoms with van der Waals surface area (Å²) in [5, 5.41) is 5.55. The van der Waals surface area contributed by atoms with E-state index in [1.807, 2.05) is 0 Å². The zero-order valence-electron chi connectivity index (χ0n) is 13.9. The van der Waals surface area contributed by atoms with Crippen LogP contribution < -0.4 is 10.6 Å². The highest BCUT2D eigenvalue weighted by Crippen LogP contribution is 2.20. The molecule has 2 N–H and O–H groups in total. The number of esters is 1. The van der Waals surface area contributed by atoms with Gasteiger partial charge in [0.05, 0.1) is 17.1 Å². The van der Waals surface area contributed by atoms with Crippen molar-refractivity contribution in [3.8, 4) is 0 Å². The SMILES string of the molecule is CCOC(=O)c1cc(NC(=O)CCCNC)cc(S(C)(=O)=O)c1.Cl. The second-order valence-corrected chi connectivity index (χ2v) is 7.01. The van der Waals surface area contributed by atoms with E-state index >= 15 is 0 Å². The number of halogens is 1. The van der Waals surface area contributed by atoms with Gasteiger partial charge in [-0.05, 0) is 45.1 Å². The number of nitrogens with one attached hydrogen (secondary N) is 2. The molecule has 0 radical (unpaired) electrons. The fraction of sp³-hybridized carbons (Fsp3) is 0.467.